The van der Waals surface area contributed by atoms with Crippen molar-refractivity contribution in [3.05, 3.63) is 0 Å². The standard InChI is InChI=1S/C22H46O4/c1-3-5-7-9-11-13-15-17-19(23)21(25)22(26)20(24)18-16-14-12-10-8-6-4-2/h19-26H,3-18H2,1-2H3. The van der Waals surface area contributed by atoms with E-state index in [1.807, 2.05) is 0 Å². The van der Waals surface area contributed by atoms with E-state index in [0.29, 0.717) is 12.8 Å². The van der Waals surface area contributed by atoms with Crippen molar-refractivity contribution in [3.8, 4) is 0 Å². The molecule has 0 aliphatic heterocycles. The minimum atomic E-state index is -1.25. The van der Waals surface area contributed by atoms with Crippen molar-refractivity contribution >= 4 is 0 Å². The van der Waals surface area contributed by atoms with Crippen LogP contribution in [-0.4, -0.2) is 44.8 Å². The summed E-state index contributed by atoms with van der Waals surface area (Å²) in [4.78, 5) is 0. The summed E-state index contributed by atoms with van der Waals surface area (Å²) in [7, 11) is 0. The normalized spacial score (nSPS) is 16.4. The van der Waals surface area contributed by atoms with Gasteiger partial charge in [-0.3, -0.25) is 0 Å². The molecule has 4 nitrogen and oxygen atoms in total. The third-order valence-corrected chi connectivity index (χ3v) is 5.35. The predicted octanol–water partition coefficient (Wildman–Crippen LogP) is 4.71. The quantitative estimate of drug-likeness (QED) is 0.247. The van der Waals surface area contributed by atoms with E-state index < -0.39 is 24.4 Å². The van der Waals surface area contributed by atoms with E-state index in [4.69, 9.17) is 0 Å². The second-order valence-corrected chi connectivity index (χ2v) is 7.94. The predicted molar refractivity (Wildman–Crippen MR) is 109 cm³/mol. The molecule has 0 spiro atoms. The third-order valence-electron chi connectivity index (χ3n) is 5.35. The van der Waals surface area contributed by atoms with Crippen molar-refractivity contribution in [3.63, 3.8) is 0 Å². The van der Waals surface area contributed by atoms with E-state index in [0.717, 1.165) is 38.5 Å². The van der Waals surface area contributed by atoms with Crippen molar-refractivity contribution in [2.24, 2.45) is 0 Å². The van der Waals surface area contributed by atoms with Crippen LogP contribution in [-0.2, 0) is 0 Å². The zero-order valence-corrected chi connectivity index (χ0v) is 17.4. The molecule has 0 aromatic rings. The number of aliphatic hydroxyl groups is 4. The molecule has 0 bridgehead atoms. The summed E-state index contributed by atoms with van der Waals surface area (Å²) in [5, 5.41) is 40.2. The summed E-state index contributed by atoms with van der Waals surface area (Å²) >= 11 is 0. The van der Waals surface area contributed by atoms with E-state index >= 15 is 0 Å². The first-order valence-electron chi connectivity index (χ1n) is 11.3. The largest absolute Gasteiger partial charge is 0.390 e. The van der Waals surface area contributed by atoms with Crippen LogP contribution in [0.5, 0.6) is 0 Å². The molecule has 0 amide bonds. The van der Waals surface area contributed by atoms with Gasteiger partial charge in [0.05, 0.1) is 12.2 Å². The Kier molecular flexibility index (Phi) is 18.1. The second-order valence-electron chi connectivity index (χ2n) is 7.94. The molecule has 0 aliphatic rings. The van der Waals surface area contributed by atoms with Crippen LogP contribution in [0.4, 0.5) is 0 Å². The van der Waals surface area contributed by atoms with Gasteiger partial charge in [0.15, 0.2) is 0 Å². The van der Waals surface area contributed by atoms with Crippen molar-refractivity contribution in [1.82, 2.24) is 0 Å². The van der Waals surface area contributed by atoms with Gasteiger partial charge in [0, 0.05) is 0 Å². The molecular weight excluding hydrogens is 328 g/mol. The molecule has 4 N–H and O–H groups in total. The van der Waals surface area contributed by atoms with E-state index in [2.05, 4.69) is 13.8 Å². The Bertz CT molecular complexity index is 257. The second kappa shape index (κ2) is 18.2. The molecule has 0 rings (SSSR count). The summed E-state index contributed by atoms with van der Waals surface area (Å²) in [5.41, 5.74) is 0. The van der Waals surface area contributed by atoms with Crippen molar-refractivity contribution in [2.75, 3.05) is 0 Å². The van der Waals surface area contributed by atoms with Crippen LogP contribution >= 0.6 is 0 Å². The van der Waals surface area contributed by atoms with Gasteiger partial charge in [-0.15, -0.1) is 0 Å². The molecule has 4 unspecified atom stereocenters. The van der Waals surface area contributed by atoms with Crippen molar-refractivity contribution < 1.29 is 20.4 Å². The van der Waals surface area contributed by atoms with Crippen LogP contribution in [0.2, 0.25) is 0 Å². The fraction of sp³-hybridized carbons (Fsp3) is 1.00. The molecule has 0 heterocycles. The van der Waals surface area contributed by atoms with Gasteiger partial charge in [0.1, 0.15) is 12.2 Å². The molecule has 0 aliphatic carbocycles. The number of hydrogen-bond acceptors (Lipinski definition) is 4. The summed E-state index contributed by atoms with van der Waals surface area (Å²) in [6.07, 6.45) is 12.7. The average molecular weight is 375 g/mol. The van der Waals surface area contributed by atoms with Gasteiger partial charge in [-0.25, -0.2) is 0 Å². The lowest BCUT2D eigenvalue weighted by Crippen LogP contribution is -2.44. The Morgan fingerprint density at radius 2 is 0.692 bits per heavy atom. The summed E-state index contributed by atoms with van der Waals surface area (Å²) in [5.74, 6) is 0. The van der Waals surface area contributed by atoms with Gasteiger partial charge in [-0.1, -0.05) is 104 Å². The van der Waals surface area contributed by atoms with E-state index in [1.165, 1.54) is 51.4 Å². The zero-order valence-electron chi connectivity index (χ0n) is 17.4. The monoisotopic (exact) mass is 374 g/mol. The molecule has 0 radical (unpaired) electrons. The lowest BCUT2D eigenvalue weighted by molar-refractivity contribution is -0.108. The number of rotatable bonds is 19. The summed E-state index contributed by atoms with van der Waals surface area (Å²) in [6.45, 7) is 4.40. The maximum atomic E-state index is 10.1. The van der Waals surface area contributed by atoms with Gasteiger partial charge in [-0.2, -0.15) is 0 Å². The minimum Gasteiger partial charge on any atom is -0.390 e. The average Bonchev–Trinajstić information content (AvgIpc) is 2.64. The highest BCUT2D eigenvalue weighted by Gasteiger charge is 2.29. The van der Waals surface area contributed by atoms with Crippen LogP contribution in [0, 0.1) is 0 Å². The zero-order chi connectivity index (χ0) is 19.6. The molecule has 26 heavy (non-hydrogen) atoms. The van der Waals surface area contributed by atoms with Gasteiger partial charge >= 0.3 is 0 Å². The number of aliphatic hydroxyl groups excluding tert-OH is 4. The van der Waals surface area contributed by atoms with Crippen molar-refractivity contribution in [1.29, 1.82) is 0 Å². The van der Waals surface area contributed by atoms with Crippen LogP contribution in [0.15, 0.2) is 0 Å². The number of unbranched alkanes of at least 4 members (excludes halogenated alkanes) is 12. The highest BCUT2D eigenvalue weighted by Crippen LogP contribution is 2.17. The fourth-order valence-corrected chi connectivity index (χ4v) is 3.42. The molecule has 4 heteroatoms. The van der Waals surface area contributed by atoms with Crippen LogP contribution in [0.25, 0.3) is 0 Å². The summed E-state index contributed by atoms with van der Waals surface area (Å²) in [6, 6.07) is 0. The number of hydrogen-bond donors (Lipinski definition) is 4. The fourth-order valence-electron chi connectivity index (χ4n) is 3.42. The SMILES string of the molecule is CCCCCCCCCC(O)C(O)C(O)C(O)CCCCCCCCC. The smallest absolute Gasteiger partial charge is 0.108 e. The highest BCUT2D eigenvalue weighted by molar-refractivity contribution is 4.80. The van der Waals surface area contributed by atoms with Crippen LogP contribution in [0.1, 0.15) is 117 Å². The molecule has 0 saturated carbocycles. The Morgan fingerprint density at radius 1 is 0.423 bits per heavy atom. The topological polar surface area (TPSA) is 80.9 Å². The molecular formula is C22H46O4. The van der Waals surface area contributed by atoms with Crippen molar-refractivity contribution in [2.45, 2.75) is 141 Å². The van der Waals surface area contributed by atoms with E-state index in [-0.39, 0.29) is 0 Å². The molecule has 0 aromatic heterocycles. The maximum Gasteiger partial charge on any atom is 0.108 e. The van der Waals surface area contributed by atoms with Gasteiger partial charge in [0.2, 0.25) is 0 Å². The first-order valence-corrected chi connectivity index (χ1v) is 11.3. The van der Waals surface area contributed by atoms with E-state index in [9.17, 15) is 20.4 Å². The molecule has 0 saturated heterocycles. The minimum absolute atomic E-state index is 0.482. The first-order chi connectivity index (χ1) is 12.5. The summed E-state index contributed by atoms with van der Waals surface area (Å²) < 4.78 is 0. The Balaban J connectivity index is 3.74. The van der Waals surface area contributed by atoms with Gasteiger partial charge in [0.25, 0.3) is 0 Å². The maximum absolute atomic E-state index is 10.1. The molecule has 0 aromatic carbocycles. The van der Waals surface area contributed by atoms with E-state index in [1.54, 1.807) is 0 Å². The Labute approximate surface area is 162 Å². The highest BCUT2D eigenvalue weighted by atomic mass is 16.4. The third kappa shape index (κ3) is 14.0. The molecule has 0 fully saturated rings. The lowest BCUT2D eigenvalue weighted by Gasteiger charge is -2.26. The first kappa shape index (κ1) is 25.8. The Hall–Kier alpha value is -0.160. The molecule has 158 valence electrons. The van der Waals surface area contributed by atoms with Crippen LogP contribution < -0.4 is 0 Å². The van der Waals surface area contributed by atoms with Gasteiger partial charge in [-0.05, 0) is 12.8 Å². The Morgan fingerprint density at radius 3 is 1.00 bits per heavy atom. The lowest BCUT2D eigenvalue weighted by atomic mass is 9.95. The molecule has 4 atom stereocenters. The van der Waals surface area contributed by atoms with Crippen LogP contribution in [0.3, 0.4) is 0 Å². The van der Waals surface area contributed by atoms with Gasteiger partial charge < -0.3 is 20.4 Å².